The molecule has 0 radical (unpaired) electrons. The molecule has 55 heavy (non-hydrogen) atoms. The molecule has 0 unspecified atom stereocenters. The highest BCUT2D eigenvalue weighted by atomic mass is 127. The first-order chi connectivity index (χ1) is 25.7. The van der Waals surface area contributed by atoms with Crippen LogP contribution < -0.4 is 11.6 Å². The molecule has 0 fully saturated rings. The third kappa shape index (κ3) is 11.4. The lowest BCUT2D eigenvalue weighted by atomic mass is 10.1. The Balaban J connectivity index is 1.40. The maximum Gasteiger partial charge on any atom is 0.416 e. The van der Waals surface area contributed by atoms with Gasteiger partial charge in [-0.1, -0.05) is 46.8 Å². The lowest BCUT2D eigenvalue weighted by Crippen LogP contribution is -2.34. The van der Waals surface area contributed by atoms with Crippen LogP contribution in [0.4, 0.5) is 39.5 Å². The van der Waals surface area contributed by atoms with E-state index in [1.807, 2.05) is 67.8 Å². The van der Waals surface area contributed by atoms with Crippen LogP contribution in [0.25, 0.3) is 0 Å². The van der Waals surface area contributed by atoms with E-state index in [0.717, 1.165) is 36.4 Å². The van der Waals surface area contributed by atoms with Crippen LogP contribution in [0.1, 0.15) is 44.8 Å². The van der Waals surface area contributed by atoms with Gasteiger partial charge in [0.05, 0.1) is 42.0 Å². The minimum atomic E-state index is -4.54. The molecule has 0 saturated heterocycles. The van der Waals surface area contributed by atoms with Crippen LogP contribution in [0.2, 0.25) is 0 Å². The van der Waals surface area contributed by atoms with E-state index in [4.69, 9.17) is 11.6 Å². The average molecular weight is 1120 g/mol. The third-order valence-electron chi connectivity index (χ3n) is 7.91. The molecule has 0 atom stereocenters. The van der Waals surface area contributed by atoms with Crippen LogP contribution in [-0.2, 0) is 51.3 Å². The number of hydrogen-bond donors (Lipinski definition) is 2. The van der Waals surface area contributed by atoms with E-state index < -0.39 is 35.2 Å². The van der Waals surface area contributed by atoms with E-state index in [0.29, 0.717) is 33.6 Å². The zero-order chi connectivity index (χ0) is 40.3. The second-order valence-electron chi connectivity index (χ2n) is 12.2. The Morgan fingerprint density at radius 1 is 0.618 bits per heavy atom. The highest BCUT2D eigenvalue weighted by Gasteiger charge is 2.32. The summed E-state index contributed by atoms with van der Waals surface area (Å²) in [5, 5.41) is 18.0. The quantitative estimate of drug-likeness (QED) is 0.0399. The molecule has 0 aliphatic heterocycles. The summed E-state index contributed by atoms with van der Waals surface area (Å²) in [6, 6.07) is 14.4. The van der Waals surface area contributed by atoms with Crippen molar-refractivity contribution < 1.29 is 39.5 Å². The molecular weight excluding hydrogens is 1090 g/mol. The number of halogens is 12. The zero-order valence-corrected chi connectivity index (χ0v) is 34.4. The number of nitrogens with zero attached hydrogens (tertiary/aromatic N) is 8. The first-order valence-electron chi connectivity index (χ1n) is 15.7. The number of hydrogen-bond acceptors (Lipinski definition) is 8. The standard InChI is InChI=1S/C33H28F9I3N10/c34-31(35,36)22-7-1-4-19(10-22)13-53(47)28(43)25(46)16-52(17-26-29(44)54(50-48-26)14-20-5-2-8-23(11-20)32(37,38)39)18-27-30(45)55(51-49-27)15-21-6-3-9-24(12-21)33(40,41)42/h1-12H,13-18,46-47H2/b28-25-. The summed E-state index contributed by atoms with van der Waals surface area (Å²) >= 11 is 5.85. The van der Waals surface area contributed by atoms with Gasteiger partial charge in [0.1, 0.15) is 22.5 Å². The molecule has 22 heteroatoms. The molecule has 4 N–H and O–H groups in total. The maximum absolute atomic E-state index is 13.3. The fraction of sp³-hybridized carbons (Fsp3) is 0.273. The van der Waals surface area contributed by atoms with Crippen molar-refractivity contribution in [3.8, 4) is 0 Å². The van der Waals surface area contributed by atoms with Crippen LogP contribution in [0.5, 0.6) is 0 Å². The van der Waals surface area contributed by atoms with E-state index in [9.17, 15) is 39.5 Å². The molecule has 10 nitrogen and oxygen atoms in total. The van der Waals surface area contributed by atoms with Gasteiger partial charge >= 0.3 is 18.5 Å². The van der Waals surface area contributed by atoms with E-state index in [2.05, 4.69) is 20.6 Å². The second-order valence-corrected chi connectivity index (χ2v) is 15.2. The Bertz CT molecular complexity index is 2040. The average Bonchev–Trinajstić information content (AvgIpc) is 3.63. The Morgan fingerprint density at radius 2 is 1.00 bits per heavy atom. The number of hydrazine groups is 1. The smallest absolute Gasteiger partial charge is 0.399 e. The number of nitrogens with two attached hydrogens (primary N) is 2. The van der Waals surface area contributed by atoms with Crippen molar-refractivity contribution in [2.24, 2.45) is 11.6 Å². The Morgan fingerprint density at radius 3 is 1.40 bits per heavy atom. The zero-order valence-electron chi connectivity index (χ0n) is 27.9. The number of alkyl halides is 9. The molecule has 0 amide bonds. The Labute approximate surface area is 348 Å². The van der Waals surface area contributed by atoms with Crippen molar-refractivity contribution in [1.29, 1.82) is 0 Å². The number of benzene rings is 3. The summed E-state index contributed by atoms with van der Waals surface area (Å²) in [6.07, 6.45) is -13.6. The molecule has 2 heterocycles. The summed E-state index contributed by atoms with van der Waals surface area (Å²) in [7, 11) is 0. The molecule has 3 aromatic carbocycles. The van der Waals surface area contributed by atoms with Crippen LogP contribution in [-0.4, -0.2) is 46.4 Å². The predicted octanol–water partition coefficient (Wildman–Crippen LogP) is 8.17. The fourth-order valence-corrected chi connectivity index (χ4v) is 6.73. The largest absolute Gasteiger partial charge is 0.416 e. The highest BCUT2D eigenvalue weighted by molar-refractivity contribution is 14.1. The van der Waals surface area contributed by atoms with Gasteiger partial charge in [0.2, 0.25) is 0 Å². The summed E-state index contributed by atoms with van der Waals surface area (Å²) in [4.78, 5) is 1.80. The summed E-state index contributed by atoms with van der Waals surface area (Å²) in [6.45, 7) is 0.0672. The van der Waals surface area contributed by atoms with Gasteiger partial charge in [-0.25, -0.2) is 15.2 Å². The molecule has 5 aromatic rings. The predicted molar refractivity (Wildman–Crippen MR) is 207 cm³/mol. The highest BCUT2D eigenvalue weighted by Crippen LogP contribution is 2.32. The van der Waals surface area contributed by atoms with E-state index in [1.54, 1.807) is 4.90 Å². The monoisotopic (exact) mass is 1120 g/mol. The van der Waals surface area contributed by atoms with Gasteiger partial charge in [-0.3, -0.25) is 9.91 Å². The lowest BCUT2D eigenvalue weighted by Gasteiger charge is -2.25. The molecule has 2 aromatic heterocycles. The van der Waals surface area contributed by atoms with Crippen molar-refractivity contribution in [3.63, 3.8) is 0 Å². The minimum Gasteiger partial charge on any atom is -0.399 e. The fourth-order valence-electron chi connectivity index (χ4n) is 5.30. The molecule has 0 spiro atoms. The van der Waals surface area contributed by atoms with Crippen LogP contribution in [0.15, 0.2) is 82.2 Å². The Kier molecular flexibility index (Phi) is 13.6. The Hall–Kier alpha value is -3.24. The SMILES string of the molecule is N/C(CN(Cc1nnn(Cc2cccc(C(F)(F)F)c2)c1I)Cc1nnn(Cc2cccc(C(F)(F)F)c2)c1I)=C(/I)N(N)Cc1cccc(C(F)(F)F)c1. The maximum atomic E-state index is 13.3. The molecule has 294 valence electrons. The van der Waals surface area contributed by atoms with Gasteiger partial charge in [0, 0.05) is 19.6 Å². The van der Waals surface area contributed by atoms with Crippen molar-refractivity contribution in [3.05, 3.63) is 134 Å². The van der Waals surface area contributed by atoms with E-state index in [1.165, 1.54) is 50.8 Å². The molecule has 0 saturated carbocycles. The third-order valence-corrected chi connectivity index (χ3v) is 11.6. The van der Waals surface area contributed by atoms with Gasteiger partial charge in [-0.15, -0.1) is 10.2 Å². The molecule has 5 rings (SSSR count). The molecule has 0 bridgehead atoms. The molecule has 0 aliphatic rings. The number of rotatable bonds is 13. The number of aromatic nitrogens is 6. The summed E-state index contributed by atoms with van der Waals surface area (Å²) < 4.78 is 124. The van der Waals surface area contributed by atoms with E-state index >= 15 is 0 Å². The lowest BCUT2D eigenvalue weighted by molar-refractivity contribution is -0.138. The first-order valence-corrected chi connectivity index (χ1v) is 19.0. The molecule has 0 aliphatic carbocycles. The van der Waals surface area contributed by atoms with E-state index in [-0.39, 0.29) is 50.5 Å². The summed E-state index contributed by atoms with van der Waals surface area (Å²) in [5.74, 6) is 6.26. The first kappa shape index (κ1) is 42.9. The van der Waals surface area contributed by atoms with Gasteiger partial charge in [-0.05, 0) is 121 Å². The van der Waals surface area contributed by atoms with Gasteiger partial charge in [-0.2, -0.15) is 39.5 Å². The van der Waals surface area contributed by atoms with Crippen LogP contribution in [0, 0.1) is 7.40 Å². The van der Waals surface area contributed by atoms with Crippen LogP contribution in [0.3, 0.4) is 0 Å². The van der Waals surface area contributed by atoms with Crippen molar-refractivity contribution in [1.82, 2.24) is 39.9 Å². The summed E-state index contributed by atoms with van der Waals surface area (Å²) in [5.41, 5.74) is 6.18. The topological polar surface area (TPSA) is 120 Å². The normalized spacial score (nSPS) is 13.1. The van der Waals surface area contributed by atoms with Gasteiger partial charge < -0.3 is 5.73 Å². The molecular formula is C33H28F9I3N10. The second kappa shape index (κ2) is 17.5. The van der Waals surface area contributed by atoms with Crippen molar-refractivity contribution in [2.75, 3.05) is 6.54 Å². The van der Waals surface area contributed by atoms with Crippen molar-refractivity contribution in [2.45, 2.75) is 51.3 Å². The van der Waals surface area contributed by atoms with Crippen LogP contribution >= 0.6 is 67.8 Å². The van der Waals surface area contributed by atoms with Crippen molar-refractivity contribution >= 4 is 67.8 Å². The van der Waals surface area contributed by atoms with Gasteiger partial charge in [0.15, 0.2) is 0 Å². The minimum absolute atomic E-state index is 0.00539. The van der Waals surface area contributed by atoms with Gasteiger partial charge in [0.25, 0.3) is 0 Å².